The van der Waals surface area contributed by atoms with E-state index < -0.39 is 28.5 Å². The fraction of sp³-hybridized carbons (Fsp3) is 0.429. The minimum absolute atomic E-state index is 0.0972. The smallest absolute Gasteiger partial charge is 0.264 e. The summed E-state index contributed by atoms with van der Waals surface area (Å²) in [6.07, 6.45) is 5.60. The molecule has 3 aromatic rings. The molecule has 1 unspecified atom stereocenters. The summed E-state index contributed by atoms with van der Waals surface area (Å²) < 4.78 is 29.6. The zero-order valence-corrected chi connectivity index (χ0v) is 26.9. The second-order valence-electron chi connectivity index (χ2n) is 11.8. The number of rotatable bonds is 11. The van der Waals surface area contributed by atoms with Crippen molar-refractivity contribution in [3.05, 3.63) is 94.5 Å². The van der Waals surface area contributed by atoms with Crippen molar-refractivity contribution in [3.8, 4) is 0 Å². The van der Waals surface area contributed by atoms with Gasteiger partial charge in [0.2, 0.25) is 11.8 Å². The first-order valence-electron chi connectivity index (χ1n) is 15.3. The topological polar surface area (TPSA) is 86.8 Å². The molecule has 1 N–H and O–H groups in total. The predicted molar refractivity (Wildman–Crippen MR) is 172 cm³/mol. The van der Waals surface area contributed by atoms with Gasteiger partial charge in [0, 0.05) is 12.6 Å². The summed E-state index contributed by atoms with van der Waals surface area (Å²) in [5.41, 5.74) is 5.05. The molecule has 43 heavy (non-hydrogen) atoms. The number of carbonyl (C=O) groups excluding carboxylic acids is 2. The van der Waals surface area contributed by atoms with Crippen LogP contribution in [0, 0.1) is 27.7 Å². The molecule has 1 atom stereocenters. The highest BCUT2D eigenvalue weighted by atomic mass is 32.2. The van der Waals surface area contributed by atoms with Crippen LogP contribution in [0.5, 0.6) is 0 Å². The number of hydrogen-bond donors (Lipinski definition) is 1. The first-order valence-corrected chi connectivity index (χ1v) is 16.8. The van der Waals surface area contributed by atoms with E-state index in [9.17, 15) is 18.0 Å². The monoisotopic (exact) mass is 603 g/mol. The van der Waals surface area contributed by atoms with Crippen molar-refractivity contribution in [2.75, 3.05) is 10.8 Å². The molecule has 2 amide bonds. The molecule has 4 rings (SSSR count). The predicted octanol–water partition coefficient (Wildman–Crippen LogP) is 6.37. The molecular weight excluding hydrogens is 558 g/mol. The van der Waals surface area contributed by atoms with E-state index in [4.69, 9.17) is 0 Å². The number of anilines is 1. The Balaban J connectivity index is 1.73. The number of hydrogen-bond acceptors (Lipinski definition) is 4. The Morgan fingerprint density at radius 2 is 1.47 bits per heavy atom. The first-order chi connectivity index (χ1) is 20.5. The van der Waals surface area contributed by atoms with Crippen LogP contribution in [0.2, 0.25) is 0 Å². The molecule has 0 aliphatic heterocycles. The van der Waals surface area contributed by atoms with E-state index in [1.54, 1.807) is 41.3 Å². The Morgan fingerprint density at radius 3 is 2.07 bits per heavy atom. The van der Waals surface area contributed by atoms with E-state index in [2.05, 4.69) is 5.32 Å². The quantitative estimate of drug-likeness (QED) is 0.276. The van der Waals surface area contributed by atoms with Gasteiger partial charge in [0.25, 0.3) is 10.0 Å². The fourth-order valence-electron chi connectivity index (χ4n) is 5.71. The maximum Gasteiger partial charge on any atom is 0.264 e. The van der Waals surface area contributed by atoms with Gasteiger partial charge in [-0.15, -0.1) is 0 Å². The Morgan fingerprint density at radius 1 is 0.860 bits per heavy atom. The Labute approximate surface area is 257 Å². The molecule has 1 aliphatic carbocycles. The molecule has 0 heterocycles. The normalized spacial score (nSPS) is 14.6. The van der Waals surface area contributed by atoms with E-state index in [1.165, 1.54) is 10.7 Å². The summed E-state index contributed by atoms with van der Waals surface area (Å²) in [6.45, 7) is 9.34. The van der Waals surface area contributed by atoms with Gasteiger partial charge in [0.05, 0.1) is 10.6 Å². The lowest BCUT2D eigenvalue weighted by atomic mass is 9.95. The van der Waals surface area contributed by atoms with Crippen LogP contribution in [-0.4, -0.2) is 43.8 Å². The highest BCUT2D eigenvalue weighted by Crippen LogP contribution is 2.29. The average Bonchev–Trinajstić information content (AvgIpc) is 2.99. The Bertz CT molecular complexity index is 1510. The lowest BCUT2D eigenvalue weighted by molar-refractivity contribution is -0.140. The SMILES string of the molecule is CCC(C(=O)NC1CCCCC1)N(Cc1ccc(C)cc1)C(=O)CN(c1cccc(C)c1C)S(=O)(=O)c1ccc(C)cc1. The van der Waals surface area contributed by atoms with E-state index in [1.807, 2.05) is 65.0 Å². The standard InChI is InChI=1S/C35H45N3O4S/c1-6-32(35(40)36-30-12-8-7-9-13-30)37(23-29-19-15-25(2)16-20-29)34(39)24-38(33-14-10-11-27(4)28(33)5)43(41,42)31-21-17-26(3)18-22-31/h10-11,14-22,30,32H,6-9,12-13,23-24H2,1-5H3,(H,36,40). The summed E-state index contributed by atoms with van der Waals surface area (Å²) in [5, 5.41) is 3.20. The Hall–Kier alpha value is -3.65. The summed E-state index contributed by atoms with van der Waals surface area (Å²) >= 11 is 0. The number of carbonyl (C=O) groups is 2. The highest BCUT2D eigenvalue weighted by Gasteiger charge is 2.35. The lowest BCUT2D eigenvalue weighted by Crippen LogP contribution is -2.54. The van der Waals surface area contributed by atoms with Crippen molar-refractivity contribution in [1.82, 2.24) is 10.2 Å². The van der Waals surface area contributed by atoms with Crippen LogP contribution in [0.4, 0.5) is 5.69 Å². The number of amides is 2. The molecule has 1 aliphatic rings. The molecule has 1 fully saturated rings. The molecule has 0 aromatic heterocycles. The number of nitrogens with one attached hydrogen (secondary N) is 1. The van der Waals surface area contributed by atoms with E-state index in [0.29, 0.717) is 12.1 Å². The molecule has 0 saturated heterocycles. The van der Waals surface area contributed by atoms with Crippen LogP contribution in [0.1, 0.15) is 73.3 Å². The van der Waals surface area contributed by atoms with Gasteiger partial charge in [-0.25, -0.2) is 8.42 Å². The molecule has 1 saturated carbocycles. The van der Waals surface area contributed by atoms with Gasteiger partial charge < -0.3 is 10.2 Å². The Kier molecular flexibility index (Phi) is 10.7. The minimum atomic E-state index is -4.11. The van der Waals surface area contributed by atoms with E-state index in [-0.39, 0.29) is 23.4 Å². The number of nitrogens with zero attached hydrogens (tertiary/aromatic N) is 2. The molecule has 230 valence electrons. The van der Waals surface area contributed by atoms with Crippen molar-refractivity contribution in [2.45, 2.75) is 96.7 Å². The van der Waals surface area contributed by atoms with E-state index >= 15 is 0 Å². The highest BCUT2D eigenvalue weighted by molar-refractivity contribution is 7.92. The van der Waals surface area contributed by atoms with Gasteiger partial charge >= 0.3 is 0 Å². The minimum Gasteiger partial charge on any atom is -0.352 e. The second kappa shape index (κ2) is 14.2. The molecule has 8 heteroatoms. The summed E-state index contributed by atoms with van der Waals surface area (Å²) in [7, 11) is -4.11. The first kappa shape index (κ1) is 32.3. The molecule has 0 spiro atoms. The molecule has 0 bridgehead atoms. The van der Waals surface area contributed by atoms with Crippen molar-refractivity contribution in [3.63, 3.8) is 0 Å². The summed E-state index contributed by atoms with van der Waals surface area (Å²) in [4.78, 5) is 29.7. The molecule has 3 aromatic carbocycles. The maximum absolute atomic E-state index is 14.4. The van der Waals surface area contributed by atoms with Crippen LogP contribution in [0.25, 0.3) is 0 Å². The van der Waals surface area contributed by atoms with Gasteiger partial charge in [-0.3, -0.25) is 13.9 Å². The molecule has 0 radical (unpaired) electrons. The number of sulfonamides is 1. The lowest BCUT2D eigenvalue weighted by Gasteiger charge is -2.35. The molecule has 7 nitrogen and oxygen atoms in total. The van der Waals surface area contributed by atoms with Gasteiger partial charge in [0.1, 0.15) is 12.6 Å². The zero-order chi connectivity index (χ0) is 31.1. The number of aryl methyl sites for hydroxylation is 3. The fourth-order valence-corrected chi connectivity index (χ4v) is 7.18. The van der Waals surface area contributed by atoms with Gasteiger partial charge in [-0.2, -0.15) is 0 Å². The van der Waals surface area contributed by atoms with Crippen LogP contribution >= 0.6 is 0 Å². The van der Waals surface area contributed by atoms with Crippen LogP contribution < -0.4 is 9.62 Å². The van der Waals surface area contributed by atoms with Crippen molar-refractivity contribution in [1.29, 1.82) is 0 Å². The third-order valence-corrected chi connectivity index (χ3v) is 10.3. The largest absolute Gasteiger partial charge is 0.352 e. The third-order valence-electron chi connectivity index (χ3n) is 8.54. The zero-order valence-electron chi connectivity index (χ0n) is 26.1. The van der Waals surface area contributed by atoms with Gasteiger partial charge in [0.15, 0.2) is 0 Å². The van der Waals surface area contributed by atoms with Crippen molar-refractivity contribution < 1.29 is 18.0 Å². The maximum atomic E-state index is 14.4. The van der Waals surface area contributed by atoms with E-state index in [0.717, 1.165) is 53.5 Å². The molecular formula is C35H45N3O4S. The summed E-state index contributed by atoms with van der Waals surface area (Å²) in [6, 6.07) is 19.3. The van der Waals surface area contributed by atoms with Crippen LogP contribution in [-0.2, 0) is 26.2 Å². The van der Waals surface area contributed by atoms with Crippen molar-refractivity contribution in [2.24, 2.45) is 0 Å². The third kappa shape index (κ3) is 7.85. The average molecular weight is 604 g/mol. The van der Waals surface area contributed by atoms with Gasteiger partial charge in [-0.1, -0.05) is 85.8 Å². The van der Waals surface area contributed by atoms with Crippen LogP contribution in [0.3, 0.4) is 0 Å². The number of benzene rings is 3. The van der Waals surface area contributed by atoms with Crippen LogP contribution in [0.15, 0.2) is 71.6 Å². The van der Waals surface area contributed by atoms with Gasteiger partial charge in [-0.05, 0) is 81.8 Å². The second-order valence-corrected chi connectivity index (χ2v) is 13.7. The van der Waals surface area contributed by atoms with Crippen molar-refractivity contribution >= 4 is 27.5 Å². The summed E-state index contributed by atoms with van der Waals surface area (Å²) in [5.74, 6) is -0.614.